The van der Waals surface area contributed by atoms with Crippen molar-refractivity contribution in [3.8, 4) is 22.8 Å². The minimum absolute atomic E-state index is 0.0826. The number of amides is 2. The molecule has 0 aliphatic rings. The van der Waals surface area contributed by atoms with E-state index < -0.39 is 0 Å². The molecule has 2 aromatic carbocycles. The number of urea groups is 1. The maximum absolute atomic E-state index is 13.4. The summed E-state index contributed by atoms with van der Waals surface area (Å²) in [6.45, 7) is 1.22. The number of nitrogens with one attached hydrogen (secondary N) is 2. The van der Waals surface area contributed by atoms with Crippen LogP contribution in [0.1, 0.15) is 30.5 Å². The number of carbonyl (C=O) groups is 1. The van der Waals surface area contributed by atoms with E-state index in [9.17, 15) is 9.18 Å². The molecule has 34 heavy (non-hydrogen) atoms. The fourth-order valence-electron chi connectivity index (χ4n) is 3.73. The predicted molar refractivity (Wildman–Crippen MR) is 131 cm³/mol. The van der Waals surface area contributed by atoms with Crippen LogP contribution in [-0.4, -0.2) is 55.5 Å². The Labute approximate surface area is 200 Å². The van der Waals surface area contributed by atoms with Gasteiger partial charge in [0, 0.05) is 37.5 Å². The number of halogens is 1. The lowest BCUT2D eigenvalue weighted by Crippen LogP contribution is -2.38. The molecule has 0 aliphatic carbocycles. The van der Waals surface area contributed by atoms with Gasteiger partial charge in [-0.15, -0.1) is 0 Å². The minimum Gasteiger partial charge on any atom is -0.497 e. The lowest BCUT2D eigenvalue weighted by Gasteiger charge is -2.18. The van der Waals surface area contributed by atoms with E-state index in [-0.39, 0.29) is 11.8 Å². The number of H-pyrrole nitrogens is 1. The molecule has 1 aromatic heterocycles. The van der Waals surface area contributed by atoms with Gasteiger partial charge in [0.2, 0.25) is 0 Å². The molecule has 0 radical (unpaired) electrons. The summed E-state index contributed by atoms with van der Waals surface area (Å²) in [6.07, 6.45) is 4.43. The molecule has 0 unspecified atom stereocenters. The lowest BCUT2D eigenvalue weighted by molar-refractivity contribution is 0.208. The molecular weight excluding hydrogens is 435 g/mol. The van der Waals surface area contributed by atoms with Crippen LogP contribution >= 0.6 is 0 Å². The van der Waals surface area contributed by atoms with E-state index in [2.05, 4.69) is 15.5 Å². The van der Waals surface area contributed by atoms with Gasteiger partial charge in [-0.3, -0.25) is 5.10 Å². The van der Waals surface area contributed by atoms with Gasteiger partial charge in [0.15, 0.2) is 0 Å². The molecule has 182 valence electrons. The normalized spacial score (nSPS) is 10.7. The number of benzene rings is 2. The van der Waals surface area contributed by atoms with Crippen LogP contribution in [0, 0.1) is 5.82 Å². The first-order valence-electron chi connectivity index (χ1n) is 11.5. The molecule has 2 N–H and O–H groups in total. The van der Waals surface area contributed by atoms with Gasteiger partial charge in [0.1, 0.15) is 17.3 Å². The van der Waals surface area contributed by atoms with E-state index in [4.69, 9.17) is 9.47 Å². The summed E-state index contributed by atoms with van der Waals surface area (Å²) in [6, 6.07) is 14.0. The van der Waals surface area contributed by atoms with Gasteiger partial charge in [-0.25, -0.2) is 9.18 Å². The minimum atomic E-state index is -0.268. The summed E-state index contributed by atoms with van der Waals surface area (Å²) in [4.78, 5) is 14.1. The Hall–Kier alpha value is -3.55. The van der Waals surface area contributed by atoms with Crippen LogP contribution in [0.2, 0.25) is 0 Å². The van der Waals surface area contributed by atoms with Crippen molar-refractivity contribution in [2.75, 3.05) is 34.4 Å². The summed E-state index contributed by atoms with van der Waals surface area (Å²) in [5.41, 5.74) is 3.56. The van der Waals surface area contributed by atoms with Gasteiger partial charge in [-0.05, 0) is 55.5 Å². The highest BCUT2D eigenvalue weighted by atomic mass is 19.1. The van der Waals surface area contributed by atoms with Gasteiger partial charge in [0.25, 0.3) is 0 Å². The number of rotatable bonds is 12. The van der Waals surface area contributed by atoms with Crippen LogP contribution in [0.15, 0.2) is 48.5 Å². The van der Waals surface area contributed by atoms with Crippen molar-refractivity contribution in [3.05, 3.63) is 65.6 Å². The first-order chi connectivity index (χ1) is 16.5. The zero-order valence-electron chi connectivity index (χ0n) is 20.1. The third kappa shape index (κ3) is 7.23. The van der Waals surface area contributed by atoms with Gasteiger partial charge < -0.3 is 19.7 Å². The van der Waals surface area contributed by atoms with Gasteiger partial charge >= 0.3 is 6.03 Å². The lowest BCUT2D eigenvalue weighted by atomic mass is 10.1. The fourth-order valence-corrected chi connectivity index (χ4v) is 3.73. The van der Waals surface area contributed by atoms with E-state index >= 15 is 0 Å². The number of aryl methyl sites for hydroxylation is 1. The Morgan fingerprint density at radius 3 is 2.68 bits per heavy atom. The first-order valence-corrected chi connectivity index (χ1v) is 11.5. The molecule has 0 atom stereocenters. The Morgan fingerprint density at radius 2 is 1.91 bits per heavy atom. The van der Waals surface area contributed by atoms with Crippen molar-refractivity contribution in [2.24, 2.45) is 0 Å². The molecule has 0 saturated heterocycles. The molecule has 3 aromatic rings. The van der Waals surface area contributed by atoms with Gasteiger partial charge in [-0.1, -0.05) is 24.6 Å². The van der Waals surface area contributed by atoms with E-state index in [1.54, 1.807) is 25.2 Å². The van der Waals surface area contributed by atoms with Crippen LogP contribution in [-0.2, 0) is 12.8 Å². The molecule has 0 fully saturated rings. The maximum atomic E-state index is 13.4. The van der Waals surface area contributed by atoms with Crippen molar-refractivity contribution < 1.29 is 18.7 Å². The molecule has 3 rings (SSSR count). The van der Waals surface area contributed by atoms with Crippen LogP contribution in [0.3, 0.4) is 0 Å². The van der Waals surface area contributed by atoms with Crippen molar-refractivity contribution in [2.45, 2.75) is 32.1 Å². The summed E-state index contributed by atoms with van der Waals surface area (Å²) in [5.74, 6) is 1.22. The van der Waals surface area contributed by atoms with Gasteiger partial charge in [0.05, 0.1) is 19.9 Å². The number of hydrogen-bond donors (Lipinski definition) is 2. The SMILES string of the molecule is COc1ccc(CCNC(=O)N(C)CCCCCc2cc(-c3cccc(F)c3)n[nH]2)c(OC)c1. The smallest absolute Gasteiger partial charge is 0.317 e. The predicted octanol–water partition coefficient (Wildman–Crippen LogP) is 4.83. The quantitative estimate of drug-likeness (QED) is 0.373. The number of carbonyl (C=O) groups excluding carboxylic acids is 1. The highest BCUT2D eigenvalue weighted by molar-refractivity contribution is 5.73. The molecule has 0 bridgehead atoms. The van der Waals surface area contributed by atoms with E-state index in [0.29, 0.717) is 19.5 Å². The monoisotopic (exact) mass is 468 g/mol. The number of unbranched alkanes of at least 4 members (excludes halogenated alkanes) is 2. The molecule has 1 heterocycles. The second-order valence-electron chi connectivity index (χ2n) is 8.18. The average molecular weight is 469 g/mol. The highest BCUT2D eigenvalue weighted by Crippen LogP contribution is 2.24. The molecule has 2 amide bonds. The van der Waals surface area contributed by atoms with Crippen molar-refractivity contribution in [1.29, 1.82) is 0 Å². The second-order valence-corrected chi connectivity index (χ2v) is 8.18. The highest BCUT2D eigenvalue weighted by Gasteiger charge is 2.10. The molecule has 7 nitrogen and oxygen atoms in total. The number of hydrogen-bond acceptors (Lipinski definition) is 4. The average Bonchev–Trinajstić information content (AvgIpc) is 3.32. The van der Waals surface area contributed by atoms with Gasteiger partial charge in [-0.2, -0.15) is 5.10 Å². The Bertz CT molecular complexity index is 1070. The zero-order valence-corrected chi connectivity index (χ0v) is 20.1. The van der Waals surface area contributed by atoms with E-state index in [1.165, 1.54) is 12.1 Å². The number of ether oxygens (including phenoxy) is 2. The Kier molecular flexibility index (Phi) is 9.31. The summed E-state index contributed by atoms with van der Waals surface area (Å²) < 4.78 is 24.0. The molecule has 0 spiro atoms. The molecule has 0 aliphatic heterocycles. The maximum Gasteiger partial charge on any atom is 0.317 e. The largest absolute Gasteiger partial charge is 0.497 e. The Balaban J connectivity index is 1.32. The van der Waals surface area contributed by atoms with Crippen LogP contribution in [0.4, 0.5) is 9.18 Å². The molecule has 0 saturated carbocycles. The van der Waals surface area contributed by atoms with Crippen LogP contribution < -0.4 is 14.8 Å². The molecular formula is C26H33FN4O3. The van der Waals surface area contributed by atoms with E-state index in [1.807, 2.05) is 37.4 Å². The molecule has 8 heteroatoms. The fraction of sp³-hybridized carbons (Fsp3) is 0.385. The third-order valence-electron chi connectivity index (χ3n) is 5.70. The topological polar surface area (TPSA) is 79.5 Å². The summed E-state index contributed by atoms with van der Waals surface area (Å²) in [7, 11) is 5.05. The number of aromatic amines is 1. The zero-order chi connectivity index (χ0) is 24.3. The van der Waals surface area contributed by atoms with Crippen LogP contribution in [0.25, 0.3) is 11.3 Å². The van der Waals surface area contributed by atoms with E-state index in [0.717, 1.165) is 59.7 Å². The third-order valence-corrected chi connectivity index (χ3v) is 5.70. The number of nitrogens with zero attached hydrogens (tertiary/aromatic N) is 2. The number of aromatic nitrogens is 2. The Morgan fingerprint density at radius 1 is 1.06 bits per heavy atom. The first kappa shape index (κ1) is 25.1. The number of methoxy groups -OCH3 is 2. The standard InChI is InChI=1S/C26H33FN4O3/c1-31(26(32)28-14-13-19-11-12-23(33-2)18-25(19)34-3)15-6-4-5-10-22-17-24(30-29-22)20-8-7-9-21(27)16-20/h7-9,11-12,16-18H,4-6,10,13-15H2,1-3H3,(H,28,32)(H,29,30). The van der Waals surface area contributed by atoms with Crippen LogP contribution in [0.5, 0.6) is 11.5 Å². The summed E-state index contributed by atoms with van der Waals surface area (Å²) in [5, 5.41) is 10.3. The second kappa shape index (κ2) is 12.6. The van der Waals surface area contributed by atoms with Crippen molar-refractivity contribution >= 4 is 6.03 Å². The van der Waals surface area contributed by atoms with Crippen molar-refractivity contribution in [1.82, 2.24) is 20.4 Å². The van der Waals surface area contributed by atoms with Crippen molar-refractivity contribution in [3.63, 3.8) is 0 Å². The summed E-state index contributed by atoms with van der Waals surface area (Å²) >= 11 is 0.